The third-order valence-electron chi connectivity index (χ3n) is 3.12. The van der Waals surface area contributed by atoms with Gasteiger partial charge in [-0.3, -0.25) is 9.89 Å². The van der Waals surface area contributed by atoms with Crippen molar-refractivity contribution in [3.05, 3.63) is 12.2 Å². The monoisotopic (exact) mass is 254 g/mol. The van der Waals surface area contributed by atoms with Crippen LogP contribution >= 0.6 is 0 Å². The summed E-state index contributed by atoms with van der Waals surface area (Å²) in [6.07, 6.45) is 2.25. The van der Waals surface area contributed by atoms with E-state index in [2.05, 4.69) is 25.7 Å². The number of aromatic amines is 1. The van der Waals surface area contributed by atoms with Crippen LogP contribution in [0.3, 0.4) is 0 Å². The number of aromatic nitrogens is 3. The molecule has 0 aliphatic heterocycles. The molecule has 0 aromatic carbocycles. The molecule has 0 aliphatic carbocycles. The molecule has 1 amide bonds. The van der Waals surface area contributed by atoms with Gasteiger partial charge in [0, 0.05) is 0 Å². The van der Waals surface area contributed by atoms with Gasteiger partial charge < -0.3 is 16.3 Å². The van der Waals surface area contributed by atoms with Crippen molar-refractivity contribution in [1.82, 2.24) is 20.5 Å². The summed E-state index contributed by atoms with van der Waals surface area (Å²) < 4.78 is 0. The standard InChI is InChI=1S/C10H18N6O2/c1-3-10(4-2,8(11)16-18)9(17)12-5-7-13-6-14-15-7/h6,18H,3-5H2,1-2H3,(H2,11,16)(H,12,17)(H,13,14,15). The van der Waals surface area contributed by atoms with Gasteiger partial charge in [0.15, 0.2) is 5.84 Å². The van der Waals surface area contributed by atoms with E-state index in [1.807, 2.05) is 13.8 Å². The fourth-order valence-electron chi connectivity index (χ4n) is 1.79. The molecule has 1 rings (SSSR count). The van der Waals surface area contributed by atoms with Gasteiger partial charge >= 0.3 is 0 Å². The van der Waals surface area contributed by atoms with Gasteiger partial charge in [-0.15, -0.1) is 0 Å². The highest BCUT2D eigenvalue weighted by molar-refractivity contribution is 6.06. The summed E-state index contributed by atoms with van der Waals surface area (Å²) in [5.41, 5.74) is 4.64. The van der Waals surface area contributed by atoms with Crippen molar-refractivity contribution in [2.75, 3.05) is 0 Å². The average molecular weight is 254 g/mol. The topological polar surface area (TPSA) is 129 Å². The van der Waals surface area contributed by atoms with Crippen LogP contribution in [-0.2, 0) is 11.3 Å². The van der Waals surface area contributed by atoms with Crippen LogP contribution in [0.1, 0.15) is 32.5 Å². The van der Waals surface area contributed by atoms with Gasteiger partial charge in [-0.2, -0.15) is 5.10 Å². The Hall–Kier alpha value is -2.12. The quantitative estimate of drug-likeness (QED) is 0.245. The Kier molecular flexibility index (Phi) is 4.64. The Bertz CT molecular complexity index is 410. The van der Waals surface area contributed by atoms with Gasteiger partial charge in [0.25, 0.3) is 0 Å². The molecule has 0 atom stereocenters. The van der Waals surface area contributed by atoms with Crippen LogP contribution < -0.4 is 11.1 Å². The molecule has 0 unspecified atom stereocenters. The molecule has 0 aliphatic rings. The second-order valence-corrected chi connectivity index (χ2v) is 3.89. The maximum Gasteiger partial charge on any atom is 0.234 e. The predicted octanol–water partition coefficient (Wildman–Crippen LogP) is -0.0263. The summed E-state index contributed by atoms with van der Waals surface area (Å²) in [6.45, 7) is 3.85. The molecule has 0 saturated carbocycles. The lowest BCUT2D eigenvalue weighted by Crippen LogP contribution is -2.49. The smallest absolute Gasteiger partial charge is 0.234 e. The molecule has 0 saturated heterocycles. The fraction of sp³-hybridized carbons (Fsp3) is 0.600. The van der Waals surface area contributed by atoms with E-state index in [1.165, 1.54) is 6.33 Å². The van der Waals surface area contributed by atoms with Crippen LogP contribution in [0.15, 0.2) is 11.5 Å². The summed E-state index contributed by atoms with van der Waals surface area (Å²) in [5, 5.41) is 20.8. The molecule has 8 nitrogen and oxygen atoms in total. The zero-order valence-electron chi connectivity index (χ0n) is 10.5. The fourth-order valence-corrected chi connectivity index (χ4v) is 1.79. The van der Waals surface area contributed by atoms with Crippen LogP contribution in [0.5, 0.6) is 0 Å². The number of amides is 1. The van der Waals surface area contributed by atoms with E-state index in [9.17, 15) is 4.79 Å². The maximum absolute atomic E-state index is 12.2. The SMILES string of the molecule is CCC(CC)(C(=O)NCc1ncn[nH]1)/C(N)=N/O. The molecule has 18 heavy (non-hydrogen) atoms. The minimum absolute atomic E-state index is 0.0810. The maximum atomic E-state index is 12.2. The first-order chi connectivity index (χ1) is 8.60. The highest BCUT2D eigenvalue weighted by Gasteiger charge is 2.39. The number of nitrogens with zero attached hydrogens (tertiary/aromatic N) is 3. The minimum Gasteiger partial charge on any atom is -0.409 e. The number of hydrogen-bond acceptors (Lipinski definition) is 5. The van der Waals surface area contributed by atoms with Crippen molar-refractivity contribution < 1.29 is 10.0 Å². The number of rotatable bonds is 6. The first-order valence-electron chi connectivity index (χ1n) is 5.71. The summed E-state index contributed by atoms with van der Waals surface area (Å²) in [5.74, 6) is 0.172. The molecule has 5 N–H and O–H groups in total. The van der Waals surface area contributed by atoms with E-state index < -0.39 is 5.41 Å². The first kappa shape index (κ1) is 13.9. The van der Waals surface area contributed by atoms with Crippen molar-refractivity contribution in [3.8, 4) is 0 Å². The van der Waals surface area contributed by atoms with Crippen molar-refractivity contribution in [2.24, 2.45) is 16.3 Å². The van der Waals surface area contributed by atoms with Gasteiger partial charge in [0.1, 0.15) is 17.6 Å². The van der Waals surface area contributed by atoms with Gasteiger partial charge in [-0.1, -0.05) is 19.0 Å². The minimum atomic E-state index is -0.991. The van der Waals surface area contributed by atoms with Crippen LogP contribution in [0, 0.1) is 5.41 Å². The number of hydrogen-bond donors (Lipinski definition) is 4. The Balaban J connectivity index is 2.77. The Morgan fingerprint density at radius 1 is 1.61 bits per heavy atom. The molecule has 0 radical (unpaired) electrons. The van der Waals surface area contributed by atoms with Crippen molar-refractivity contribution in [1.29, 1.82) is 0 Å². The lowest BCUT2D eigenvalue weighted by atomic mass is 9.80. The number of carbonyl (C=O) groups is 1. The third kappa shape index (κ3) is 2.58. The van der Waals surface area contributed by atoms with Gasteiger partial charge in [0.2, 0.25) is 5.91 Å². The second-order valence-electron chi connectivity index (χ2n) is 3.89. The lowest BCUT2D eigenvalue weighted by molar-refractivity contribution is -0.128. The summed E-state index contributed by atoms with van der Waals surface area (Å²) in [7, 11) is 0. The van der Waals surface area contributed by atoms with Crippen molar-refractivity contribution in [3.63, 3.8) is 0 Å². The third-order valence-corrected chi connectivity index (χ3v) is 3.12. The van der Waals surface area contributed by atoms with Crippen LogP contribution in [0.25, 0.3) is 0 Å². The molecule has 8 heteroatoms. The van der Waals surface area contributed by atoms with Crippen molar-refractivity contribution in [2.45, 2.75) is 33.2 Å². The van der Waals surface area contributed by atoms with E-state index in [0.29, 0.717) is 18.7 Å². The van der Waals surface area contributed by atoms with Crippen LogP contribution in [0.2, 0.25) is 0 Å². The Morgan fingerprint density at radius 2 is 2.28 bits per heavy atom. The Morgan fingerprint density at radius 3 is 2.72 bits per heavy atom. The van der Waals surface area contributed by atoms with E-state index in [0.717, 1.165) is 0 Å². The summed E-state index contributed by atoms with van der Waals surface area (Å²) in [4.78, 5) is 16.1. The predicted molar refractivity (Wildman–Crippen MR) is 64.7 cm³/mol. The van der Waals surface area contributed by atoms with Gasteiger partial charge in [-0.25, -0.2) is 4.98 Å². The number of oxime groups is 1. The van der Waals surface area contributed by atoms with E-state index in [1.54, 1.807) is 0 Å². The van der Waals surface area contributed by atoms with Crippen LogP contribution in [-0.4, -0.2) is 32.1 Å². The van der Waals surface area contributed by atoms with Crippen LogP contribution in [0.4, 0.5) is 0 Å². The molecular formula is C10H18N6O2. The number of carbonyl (C=O) groups excluding carboxylic acids is 1. The second kappa shape index (κ2) is 5.99. The Labute approximate surface area is 105 Å². The lowest BCUT2D eigenvalue weighted by Gasteiger charge is -2.28. The molecule has 0 bridgehead atoms. The summed E-state index contributed by atoms with van der Waals surface area (Å²) >= 11 is 0. The highest BCUT2D eigenvalue weighted by atomic mass is 16.4. The molecule has 1 heterocycles. The molecule has 100 valence electrons. The van der Waals surface area contributed by atoms with E-state index in [-0.39, 0.29) is 18.3 Å². The average Bonchev–Trinajstić information content (AvgIpc) is 2.91. The summed E-state index contributed by atoms with van der Waals surface area (Å²) in [6, 6.07) is 0. The largest absolute Gasteiger partial charge is 0.409 e. The van der Waals surface area contributed by atoms with Crippen molar-refractivity contribution >= 4 is 11.7 Å². The number of H-pyrrole nitrogens is 1. The number of nitrogens with two attached hydrogens (primary N) is 1. The van der Waals surface area contributed by atoms with E-state index in [4.69, 9.17) is 10.9 Å². The number of amidine groups is 1. The zero-order chi connectivity index (χ0) is 13.6. The molecule has 0 spiro atoms. The van der Waals surface area contributed by atoms with E-state index >= 15 is 0 Å². The molecular weight excluding hydrogens is 236 g/mol. The highest BCUT2D eigenvalue weighted by Crippen LogP contribution is 2.27. The first-order valence-corrected chi connectivity index (χ1v) is 5.71. The zero-order valence-corrected chi connectivity index (χ0v) is 10.5. The van der Waals surface area contributed by atoms with Gasteiger partial charge in [0.05, 0.1) is 6.54 Å². The molecule has 1 aromatic heterocycles. The molecule has 0 fully saturated rings. The number of nitrogens with one attached hydrogen (secondary N) is 2. The van der Waals surface area contributed by atoms with Gasteiger partial charge in [-0.05, 0) is 12.8 Å². The normalized spacial score (nSPS) is 12.4. The molecule has 1 aromatic rings.